The number of carbonyl (C=O) groups excluding carboxylic acids is 2. The Morgan fingerprint density at radius 3 is 2.46 bits per heavy atom. The normalized spacial score (nSPS) is 16.4. The van der Waals surface area contributed by atoms with Gasteiger partial charge in [-0.05, 0) is 62.2 Å². The van der Waals surface area contributed by atoms with Gasteiger partial charge in [0, 0.05) is 47.7 Å². The van der Waals surface area contributed by atoms with Crippen molar-refractivity contribution in [3.63, 3.8) is 0 Å². The van der Waals surface area contributed by atoms with Crippen LogP contribution in [0.25, 0.3) is 15.8 Å². The molecule has 4 aromatic rings. The molecule has 1 aliphatic heterocycles. The van der Waals surface area contributed by atoms with Crippen molar-refractivity contribution in [1.82, 2.24) is 9.88 Å². The van der Waals surface area contributed by atoms with E-state index in [4.69, 9.17) is 4.74 Å². The average Bonchev–Trinajstić information content (AvgIpc) is 3.64. The average molecular weight is 543 g/mol. The smallest absolute Gasteiger partial charge is 0.240 e. The van der Waals surface area contributed by atoms with E-state index in [1.165, 1.54) is 17.7 Å². The fraction of sp³-hybridized carbons (Fsp3) is 0.233. The predicted molar refractivity (Wildman–Crippen MR) is 152 cm³/mol. The maximum Gasteiger partial charge on any atom is 0.240 e. The largest absolute Gasteiger partial charge is 0.453 e. The molecule has 39 heavy (non-hydrogen) atoms. The summed E-state index contributed by atoms with van der Waals surface area (Å²) < 4.78 is 21.9. The van der Waals surface area contributed by atoms with Gasteiger partial charge >= 0.3 is 0 Å². The number of rotatable bonds is 7. The van der Waals surface area contributed by atoms with Gasteiger partial charge in [0.2, 0.25) is 11.8 Å². The van der Waals surface area contributed by atoms with E-state index in [2.05, 4.69) is 39.7 Å². The number of ether oxygens (including phenoxy) is 1. The summed E-state index contributed by atoms with van der Waals surface area (Å²) in [5.41, 5.74) is 1.83. The molecule has 3 heterocycles. The third-order valence-corrected chi connectivity index (χ3v) is 8.38. The van der Waals surface area contributed by atoms with Gasteiger partial charge in [-0.1, -0.05) is 24.3 Å². The number of para-hydroxylation sites is 1. The Balaban J connectivity index is 1.16. The summed E-state index contributed by atoms with van der Waals surface area (Å²) in [5, 5.41) is 5.50. The van der Waals surface area contributed by atoms with Crippen molar-refractivity contribution in [2.75, 3.05) is 30.8 Å². The Morgan fingerprint density at radius 1 is 1.00 bits per heavy atom. The minimum Gasteiger partial charge on any atom is -0.453 e. The number of halogens is 1. The van der Waals surface area contributed by atoms with E-state index in [1.54, 1.807) is 41.8 Å². The minimum atomic E-state index is -1.15. The molecular weight excluding hydrogens is 515 g/mol. The van der Waals surface area contributed by atoms with Crippen LogP contribution >= 0.6 is 11.3 Å². The summed E-state index contributed by atoms with van der Waals surface area (Å²) in [6.45, 7) is 1.91. The molecule has 0 atom stereocenters. The van der Waals surface area contributed by atoms with E-state index in [9.17, 15) is 9.59 Å². The second-order valence-electron chi connectivity index (χ2n) is 9.98. The quantitative estimate of drug-likeness (QED) is 0.268. The summed E-state index contributed by atoms with van der Waals surface area (Å²) in [7, 11) is 2.10. The number of anilines is 2. The second-order valence-corrected chi connectivity index (χ2v) is 11.0. The van der Waals surface area contributed by atoms with Crippen LogP contribution in [0.3, 0.4) is 0 Å². The van der Waals surface area contributed by atoms with Gasteiger partial charge in [-0.15, -0.1) is 11.3 Å². The van der Waals surface area contributed by atoms with Crippen molar-refractivity contribution < 1.29 is 18.7 Å². The molecule has 6 rings (SSSR count). The van der Waals surface area contributed by atoms with Crippen molar-refractivity contribution in [1.29, 1.82) is 0 Å². The Bertz CT molecular complexity index is 1600. The molecule has 9 heteroatoms. The molecule has 0 radical (unpaired) electrons. The lowest BCUT2D eigenvalue weighted by molar-refractivity contribution is -0.131. The van der Waals surface area contributed by atoms with Crippen molar-refractivity contribution in [2.45, 2.75) is 19.3 Å². The van der Waals surface area contributed by atoms with Crippen LogP contribution in [-0.4, -0.2) is 41.8 Å². The predicted octanol–water partition coefficient (Wildman–Crippen LogP) is 6.30. The standard InChI is InChI=1S/C30H27FN4O3S/c1-35-15-10-19(11-16-35)26-18-23-27(39-26)25(9-14-32-23)38-24-8-7-21(17-22(24)31)34-29(37)30(12-13-30)28(36)33-20-5-3-2-4-6-20/h2-10,14,17-18H,11-13,15-16H2,1H3,(H,33,36)(H,34,37). The van der Waals surface area contributed by atoms with Gasteiger partial charge in [0.25, 0.3) is 0 Å². The SMILES string of the molecule is CN1CC=C(c2cc3nccc(Oc4ccc(NC(=O)C5(C(=O)Nc6ccccc6)CC5)cc4F)c3s2)CC1. The first kappa shape index (κ1) is 25.2. The number of aromatic nitrogens is 1. The maximum absolute atomic E-state index is 15.1. The molecular formula is C30H27FN4O3S. The maximum atomic E-state index is 15.1. The van der Waals surface area contributed by atoms with E-state index in [0.29, 0.717) is 24.3 Å². The Morgan fingerprint density at radius 2 is 1.77 bits per heavy atom. The zero-order valence-corrected chi connectivity index (χ0v) is 22.2. The van der Waals surface area contributed by atoms with Crippen LogP contribution in [0.1, 0.15) is 24.1 Å². The molecule has 0 unspecified atom stereocenters. The van der Waals surface area contributed by atoms with Gasteiger partial charge in [-0.25, -0.2) is 4.39 Å². The Kier molecular flexibility index (Phi) is 6.62. The van der Waals surface area contributed by atoms with Crippen molar-refractivity contribution in [3.05, 3.63) is 83.6 Å². The zero-order chi connectivity index (χ0) is 27.0. The minimum absolute atomic E-state index is 0.0388. The molecule has 7 nitrogen and oxygen atoms in total. The van der Waals surface area contributed by atoms with Gasteiger partial charge in [-0.3, -0.25) is 14.6 Å². The number of carbonyl (C=O) groups is 2. The molecule has 2 N–H and O–H groups in total. The molecule has 1 aliphatic carbocycles. The number of benzene rings is 2. The first-order valence-corrected chi connectivity index (χ1v) is 13.6. The number of thiophene rings is 1. The number of pyridine rings is 1. The van der Waals surface area contributed by atoms with Crippen molar-refractivity contribution in [3.8, 4) is 11.5 Å². The highest BCUT2D eigenvalue weighted by Gasteiger charge is 2.56. The molecule has 2 amide bonds. The van der Waals surface area contributed by atoms with E-state index in [0.717, 1.165) is 34.6 Å². The van der Waals surface area contributed by atoms with Gasteiger partial charge in [-0.2, -0.15) is 0 Å². The lowest BCUT2D eigenvalue weighted by Crippen LogP contribution is -2.35. The number of fused-ring (bicyclic) bond motifs is 1. The summed E-state index contributed by atoms with van der Waals surface area (Å²) in [4.78, 5) is 33.7. The number of hydrogen-bond acceptors (Lipinski definition) is 6. The first-order valence-electron chi connectivity index (χ1n) is 12.8. The molecule has 0 bridgehead atoms. The number of likely N-dealkylation sites (N-methyl/N-ethyl adjacent to an activating group) is 1. The molecule has 2 aromatic carbocycles. The fourth-order valence-corrected chi connectivity index (χ4v) is 5.77. The highest BCUT2D eigenvalue weighted by atomic mass is 32.1. The monoisotopic (exact) mass is 542 g/mol. The number of hydrogen-bond donors (Lipinski definition) is 2. The van der Waals surface area contributed by atoms with E-state index in [1.807, 2.05) is 18.2 Å². The van der Waals surface area contributed by atoms with E-state index in [-0.39, 0.29) is 17.3 Å². The summed E-state index contributed by atoms with van der Waals surface area (Å²) >= 11 is 1.59. The van der Waals surface area contributed by atoms with Crippen LogP contribution < -0.4 is 15.4 Å². The molecule has 2 aliphatic rings. The fourth-order valence-electron chi connectivity index (χ4n) is 4.63. The van der Waals surface area contributed by atoms with Crippen LogP contribution in [0.15, 0.2) is 72.9 Å². The lowest BCUT2D eigenvalue weighted by Gasteiger charge is -2.21. The Hall–Kier alpha value is -4.08. The van der Waals surface area contributed by atoms with Gasteiger partial charge in [0.05, 0.1) is 10.2 Å². The Labute approximate surface area is 229 Å². The van der Waals surface area contributed by atoms with Crippen LogP contribution in [0.4, 0.5) is 15.8 Å². The van der Waals surface area contributed by atoms with Crippen molar-refractivity contribution in [2.24, 2.45) is 5.41 Å². The molecule has 0 saturated heterocycles. The van der Waals surface area contributed by atoms with Crippen molar-refractivity contribution >= 4 is 50.3 Å². The van der Waals surface area contributed by atoms with Gasteiger partial charge in [0.15, 0.2) is 11.6 Å². The number of nitrogens with one attached hydrogen (secondary N) is 2. The van der Waals surface area contributed by atoms with Gasteiger partial charge in [0.1, 0.15) is 11.2 Å². The molecule has 198 valence electrons. The van der Waals surface area contributed by atoms with Crippen LogP contribution in [0.5, 0.6) is 11.5 Å². The molecule has 1 fully saturated rings. The zero-order valence-electron chi connectivity index (χ0n) is 21.4. The van der Waals surface area contributed by atoms with Crippen LogP contribution in [-0.2, 0) is 9.59 Å². The summed E-state index contributed by atoms with van der Waals surface area (Å²) in [6, 6.07) is 17.0. The van der Waals surface area contributed by atoms with Gasteiger partial charge < -0.3 is 20.3 Å². The van der Waals surface area contributed by atoms with Crippen LogP contribution in [0.2, 0.25) is 0 Å². The topological polar surface area (TPSA) is 83.6 Å². The molecule has 2 aromatic heterocycles. The van der Waals surface area contributed by atoms with E-state index >= 15 is 4.39 Å². The highest BCUT2D eigenvalue weighted by Crippen LogP contribution is 2.47. The molecule has 0 spiro atoms. The third kappa shape index (κ3) is 5.15. The van der Waals surface area contributed by atoms with Crippen LogP contribution in [0, 0.1) is 11.2 Å². The lowest BCUT2D eigenvalue weighted by atomic mass is 10.0. The summed E-state index contributed by atoms with van der Waals surface area (Å²) in [5.74, 6) is -0.869. The summed E-state index contributed by atoms with van der Waals surface area (Å²) in [6.07, 6.45) is 5.74. The third-order valence-electron chi connectivity index (χ3n) is 7.17. The van der Waals surface area contributed by atoms with E-state index < -0.39 is 17.1 Å². The first-order chi connectivity index (χ1) is 18.9. The second kappa shape index (κ2) is 10.2. The highest BCUT2D eigenvalue weighted by molar-refractivity contribution is 7.20. The number of nitrogens with zero attached hydrogens (tertiary/aromatic N) is 2. The number of amides is 2. The molecule has 1 saturated carbocycles.